The lowest BCUT2D eigenvalue weighted by atomic mass is 9.97. The van der Waals surface area contributed by atoms with Crippen LogP contribution in [0.15, 0.2) is 77.7 Å². The summed E-state index contributed by atoms with van der Waals surface area (Å²) < 4.78 is 13.6. The molecule has 0 aliphatic carbocycles. The second kappa shape index (κ2) is 8.25. The molecule has 0 N–H and O–H groups in total. The highest BCUT2D eigenvalue weighted by molar-refractivity contribution is 5.74. The molecule has 1 aliphatic rings. The fraction of sp³-hybridized carbons (Fsp3) is 0.231. The summed E-state index contributed by atoms with van der Waals surface area (Å²) in [5, 5.41) is 9.29. The van der Waals surface area contributed by atoms with Crippen molar-refractivity contribution in [1.29, 1.82) is 5.26 Å². The lowest BCUT2D eigenvalue weighted by molar-refractivity contribution is 0.0524. The zero-order valence-corrected chi connectivity index (χ0v) is 17.8. The van der Waals surface area contributed by atoms with Gasteiger partial charge in [0.2, 0.25) is 0 Å². The minimum atomic E-state index is -0.583. The van der Waals surface area contributed by atoms with Gasteiger partial charge in [-0.3, -0.25) is 9.36 Å². The molecular weight excluding hydrogens is 388 g/mol. The maximum Gasteiger partial charge on any atom is 0.255 e. The van der Waals surface area contributed by atoms with Crippen molar-refractivity contribution in [2.24, 2.45) is 0 Å². The maximum atomic E-state index is 13.1. The third kappa shape index (κ3) is 4.45. The summed E-state index contributed by atoms with van der Waals surface area (Å²) in [7, 11) is 0. The van der Waals surface area contributed by atoms with Crippen LogP contribution in [-0.2, 0) is 11.3 Å². The quantitative estimate of drug-likeness (QED) is 0.588. The van der Waals surface area contributed by atoms with E-state index in [1.54, 1.807) is 35.0 Å². The molecule has 1 aliphatic heterocycles. The molecule has 2 aromatic carbocycles. The van der Waals surface area contributed by atoms with E-state index < -0.39 is 5.60 Å². The van der Waals surface area contributed by atoms with Gasteiger partial charge in [0.05, 0.1) is 30.0 Å². The Labute approximate surface area is 181 Å². The number of hydrogen-bond donors (Lipinski definition) is 0. The van der Waals surface area contributed by atoms with E-state index in [0.717, 1.165) is 16.7 Å². The minimum Gasteiger partial charge on any atom is -0.483 e. The van der Waals surface area contributed by atoms with Gasteiger partial charge in [0.1, 0.15) is 11.4 Å². The zero-order chi connectivity index (χ0) is 22.0. The molecule has 156 valence electrons. The Balaban J connectivity index is 1.64. The van der Waals surface area contributed by atoms with Crippen LogP contribution in [0.3, 0.4) is 0 Å². The van der Waals surface area contributed by atoms with Crippen molar-refractivity contribution >= 4 is 5.70 Å². The summed E-state index contributed by atoms with van der Waals surface area (Å²) in [5.74, 6) is 0.650. The molecule has 0 spiro atoms. The van der Waals surface area contributed by atoms with Crippen molar-refractivity contribution < 1.29 is 9.47 Å². The molecule has 0 amide bonds. The van der Waals surface area contributed by atoms with Gasteiger partial charge in [0.15, 0.2) is 0 Å². The van der Waals surface area contributed by atoms with Crippen LogP contribution in [-0.4, -0.2) is 10.2 Å². The summed E-state index contributed by atoms with van der Waals surface area (Å²) in [6.07, 6.45) is 3.45. The maximum absolute atomic E-state index is 13.1. The number of fused-ring (bicyclic) bond motifs is 1. The molecule has 5 nitrogen and oxygen atoms in total. The number of benzene rings is 2. The average Bonchev–Trinajstić information content (AvgIpc) is 2.76. The molecule has 0 saturated carbocycles. The highest BCUT2D eigenvalue weighted by Gasteiger charge is 2.28. The van der Waals surface area contributed by atoms with E-state index >= 15 is 0 Å². The third-order valence-corrected chi connectivity index (χ3v) is 5.26. The predicted molar refractivity (Wildman–Crippen MR) is 120 cm³/mol. The first kappa shape index (κ1) is 20.6. The van der Waals surface area contributed by atoms with Crippen molar-refractivity contribution in [1.82, 2.24) is 4.57 Å². The number of rotatable bonds is 5. The average molecular weight is 412 g/mol. The Morgan fingerprint density at radius 2 is 1.90 bits per heavy atom. The second-order valence-corrected chi connectivity index (χ2v) is 8.16. The SMILES string of the molecule is CC(OCc1ccccc1)c1ccn(C2=CC(C)(C)Oc3ccc(C#N)cc32)c(=O)c1. The van der Waals surface area contributed by atoms with E-state index in [4.69, 9.17) is 9.47 Å². The van der Waals surface area contributed by atoms with E-state index in [9.17, 15) is 10.1 Å². The molecule has 0 fully saturated rings. The van der Waals surface area contributed by atoms with Crippen LogP contribution in [0.1, 0.15) is 49.1 Å². The van der Waals surface area contributed by atoms with Crippen LogP contribution in [0.25, 0.3) is 5.70 Å². The van der Waals surface area contributed by atoms with E-state index in [0.29, 0.717) is 23.6 Å². The van der Waals surface area contributed by atoms with Gasteiger partial charge in [-0.1, -0.05) is 30.3 Å². The lowest BCUT2D eigenvalue weighted by Gasteiger charge is -2.31. The van der Waals surface area contributed by atoms with Crippen LogP contribution in [0.4, 0.5) is 0 Å². The highest BCUT2D eigenvalue weighted by Crippen LogP contribution is 2.37. The molecule has 1 aromatic heterocycles. The summed E-state index contributed by atoms with van der Waals surface area (Å²) >= 11 is 0. The second-order valence-electron chi connectivity index (χ2n) is 8.16. The molecule has 3 aromatic rings. The van der Waals surface area contributed by atoms with Crippen LogP contribution in [0.2, 0.25) is 0 Å². The number of ether oxygens (including phenoxy) is 2. The van der Waals surface area contributed by atoms with Gasteiger partial charge >= 0.3 is 0 Å². The largest absolute Gasteiger partial charge is 0.483 e. The lowest BCUT2D eigenvalue weighted by Crippen LogP contribution is -2.32. The Morgan fingerprint density at radius 1 is 1.13 bits per heavy atom. The fourth-order valence-corrected chi connectivity index (χ4v) is 3.65. The van der Waals surface area contributed by atoms with Gasteiger partial charge in [-0.2, -0.15) is 5.26 Å². The van der Waals surface area contributed by atoms with Gasteiger partial charge in [0.25, 0.3) is 5.56 Å². The minimum absolute atomic E-state index is 0.162. The number of aromatic nitrogens is 1. The molecule has 4 rings (SSSR count). The molecule has 1 unspecified atom stereocenters. The summed E-state index contributed by atoms with van der Waals surface area (Å²) in [6, 6.07) is 20.8. The first-order chi connectivity index (χ1) is 14.9. The number of hydrogen-bond acceptors (Lipinski definition) is 4. The predicted octanol–water partition coefficient (Wildman–Crippen LogP) is 5.06. The van der Waals surface area contributed by atoms with Crippen molar-refractivity contribution in [3.63, 3.8) is 0 Å². The van der Waals surface area contributed by atoms with E-state index in [1.165, 1.54) is 0 Å². The first-order valence-electron chi connectivity index (χ1n) is 10.2. The normalized spacial score (nSPS) is 15.2. The van der Waals surface area contributed by atoms with Crippen molar-refractivity contribution in [2.75, 3.05) is 0 Å². The summed E-state index contributed by atoms with van der Waals surface area (Å²) in [5.41, 5.74) is 3.10. The van der Waals surface area contributed by atoms with E-state index in [2.05, 4.69) is 6.07 Å². The van der Waals surface area contributed by atoms with Crippen molar-refractivity contribution in [3.8, 4) is 11.8 Å². The Morgan fingerprint density at radius 3 is 2.61 bits per heavy atom. The molecule has 0 saturated heterocycles. The molecular formula is C26H24N2O3. The summed E-state index contributed by atoms with van der Waals surface area (Å²) in [4.78, 5) is 13.1. The molecule has 1 atom stereocenters. The first-order valence-corrected chi connectivity index (χ1v) is 10.2. The smallest absolute Gasteiger partial charge is 0.255 e. The van der Waals surface area contributed by atoms with Crippen molar-refractivity contribution in [3.05, 3.63) is 106 Å². The van der Waals surface area contributed by atoms with E-state index in [1.807, 2.05) is 63.2 Å². The molecule has 0 radical (unpaired) electrons. The Hall–Kier alpha value is -3.62. The van der Waals surface area contributed by atoms with E-state index in [-0.39, 0.29) is 11.7 Å². The van der Waals surface area contributed by atoms with Gasteiger partial charge in [-0.25, -0.2) is 0 Å². The highest BCUT2D eigenvalue weighted by atomic mass is 16.5. The molecule has 2 heterocycles. The standard InChI is InChI=1S/C26H24N2O3/c1-18(30-17-19-7-5-4-6-8-19)21-11-12-28(25(29)14-21)23-15-26(2,3)31-24-10-9-20(16-27)13-22(23)24/h4-15,18H,17H2,1-3H3. The van der Waals surface area contributed by atoms with Gasteiger partial charge in [0, 0.05) is 17.8 Å². The van der Waals surface area contributed by atoms with Crippen LogP contribution in [0.5, 0.6) is 5.75 Å². The van der Waals surface area contributed by atoms with Crippen LogP contribution < -0.4 is 10.3 Å². The van der Waals surface area contributed by atoms with Gasteiger partial charge < -0.3 is 9.47 Å². The van der Waals surface area contributed by atoms with Crippen LogP contribution >= 0.6 is 0 Å². The fourth-order valence-electron chi connectivity index (χ4n) is 3.65. The number of nitrogens with zero attached hydrogens (tertiary/aromatic N) is 2. The summed E-state index contributed by atoms with van der Waals surface area (Å²) in [6.45, 7) is 6.29. The third-order valence-electron chi connectivity index (χ3n) is 5.26. The zero-order valence-electron chi connectivity index (χ0n) is 17.8. The van der Waals surface area contributed by atoms with Gasteiger partial charge in [-0.15, -0.1) is 0 Å². The number of nitriles is 1. The topological polar surface area (TPSA) is 64.2 Å². The Kier molecular flexibility index (Phi) is 5.50. The Bertz CT molecular complexity index is 1230. The molecule has 31 heavy (non-hydrogen) atoms. The monoisotopic (exact) mass is 412 g/mol. The van der Waals surface area contributed by atoms with Crippen LogP contribution in [0, 0.1) is 11.3 Å². The number of pyridine rings is 1. The molecule has 5 heteroatoms. The molecule has 0 bridgehead atoms. The van der Waals surface area contributed by atoms with Gasteiger partial charge in [-0.05, 0) is 62.2 Å². The van der Waals surface area contributed by atoms with Crippen molar-refractivity contribution in [2.45, 2.75) is 39.1 Å².